The number of hydrogen-bond donors (Lipinski definition) is 1. The summed E-state index contributed by atoms with van der Waals surface area (Å²) in [5.74, 6) is 1.59. The minimum atomic E-state index is -0.0587. The number of nitrogens with one attached hydrogen (secondary N) is 1. The topological polar surface area (TPSA) is 67.9 Å². The van der Waals surface area contributed by atoms with E-state index in [-0.39, 0.29) is 23.8 Å². The average Bonchev–Trinajstić information content (AvgIpc) is 2.66. The predicted molar refractivity (Wildman–Crippen MR) is 101 cm³/mol. The standard InChI is InChI=1S/C20H30N2O4/c1-13(2)14(3)21-19(23)15-6-8-22(9-7-15)20(24)16-10-17(25-4)12-18(11-16)26-5/h10-15H,6-9H2,1-5H3,(H,21,23). The van der Waals surface area contributed by atoms with Crippen LogP contribution in [-0.2, 0) is 4.79 Å². The Morgan fingerprint density at radius 2 is 1.58 bits per heavy atom. The Bertz CT molecular complexity index is 614. The maximum atomic E-state index is 12.8. The van der Waals surface area contributed by atoms with Crippen molar-refractivity contribution in [2.45, 2.75) is 39.7 Å². The molecule has 2 amide bonds. The van der Waals surface area contributed by atoms with E-state index >= 15 is 0 Å². The van der Waals surface area contributed by atoms with E-state index in [2.05, 4.69) is 19.2 Å². The second kappa shape index (κ2) is 8.92. The number of carbonyl (C=O) groups excluding carboxylic acids is 2. The molecule has 2 rings (SSSR count). The Labute approximate surface area is 155 Å². The number of carbonyl (C=O) groups is 2. The summed E-state index contributed by atoms with van der Waals surface area (Å²) >= 11 is 0. The number of piperidine rings is 1. The normalized spacial score (nSPS) is 16.3. The molecule has 0 radical (unpaired) electrons. The highest BCUT2D eigenvalue weighted by molar-refractivity contribution is 5.95. The van der Waals surface area contributed by atoms with Crippen LogP contribution in [0.1, 0.15) is 44.0 Å². The average molecular weight is 362 g/mol. The fourth-order valence-corrected chi connectivity index (χ4v) is 2.97. The molecule has 0 aliphatic carbocycles. The third kappa shape index (κ3) is 4.90. The van der Waals surface area contributed by atoms with Gasteiger partial charge in [0.1, 0.15) is 11.5 Å². The molecule has 0 saturated carbocycles. The first kappa shape index (κ1) is 20.1. The van der Waals surface area contributed by atoms with E-state index in [1.807, 2.05) is 6.92 Å². The fraction of sp³-hybridized carbons (Fsp3) is 0.600. The molecule has 1 aliphatic rings. The van der Waals surface area contributed by atoms with Crippen molar-refractivity contribution in [1.29, 1.82) is 0 Å². The van der Waals surface area contributed by atoms with Gasteiger partial charge in [-0.05, 0) is 37.8 Å². The molecule has 0 bridgehead atoms. The first-order valence-electron chi connectivity index (χ1n) is 9.18. The molecule has 1 aliphatic heterocycles. The fourth-order valence-electron chi connectivity index (χ4n) is 2.97. The molecule has 26 heavy (non-hydrogen) atoms. The zero-order valence-electron chi connectivity index (χ0n) is 16.4. The number of ether oxygens (including phenoxy) is 2. The highest BCUT2D eigenvalue weighted by atomic mass is 16.5. The van der Waals surface area contributed by atoms with Crippen LogP contribution in [0.4, 0.5) is 0 Å². The van der Waals surface area contributed by atoms with Crippen LogP contribution in [0.3, 0.4) is 0 Å². The Kier molecular flexibility index (Phi) is 6.89. The number of benzene rings is 1. The lowest BCUT2D eigenvalue weighted by atomic mass is 9.94. The van der Waals surface area contributed by atoms with Crippen LogP contribution in [0.5, 0.6) is 11.5 Å². The lowest BCUT2D eigenvalue weighted by Crippen LogP contribution is -2.45. The van der Waals surface area contributed by atoms with Crippen molar-refractivity contribution in [3.05, 3.63) is 23.8 Å². The highest BCUT2D eigenvalue weighted by Gasteiger charge is 2.29. The first-order valence-corrected chi connectivity index (χ1v) is 9.18. The van der Waals surface area contributed by atoms with Crippen molar-refractivity contribution in [2.24, 2.45) is 11.8 Å². The Balaban J connectivity index is 1.97. The molecule has 6 nitrogen and oxygen atoms in total. The van der Waals surface area contributed by atoms with Crippen LogP contribution >= 0.6 is 0 Å². The summed E-state index contributed by atoms with van der Waals surface area (Å²) in [5.41, 5.74) is 0.539. The minimum absolute atomic E-state index is 0.0277. The number of nitrogens with zero attached hydrogens (tertiary/aromatic N) is 1. The third-order valence-corrected chi connectivity index (χ3v) is 5.12. The molecule has 0 aromatic heterocycles. The van der Waals surface area contributed by atoms with Crippen LogP contribution < -0.4 is 14.8 Å². The quantitative estimate of drug-likeness (QED) is 0.845. The number of amides is 2. The molecule has 1 fully saturated rings. The van der Waals surface area contributed by atoms with Crippen LogP contribution in [0.15, 0.2) is 18.2 Å². The zero-order valence-corrected chi connectivity index (χ0v) is 16.4. The molecule has 144 valence electrons. The van der Waals surface area contributed by atoms with Crippen molar-refractivity contribution in [3.63, 3.8) is 0 Å². The van der Waals surface area contributed by atoms with Gasteiger partial charge in [0.05, 0.1) is 14.2 Å². The van der Waals surface area contributed by atoms with Crippen molar-refractivity contribution in [2.75, 3.05) is 27.3 Å². The van der Waals surface area contributed by atoms with Crippen molar-refractivity contribution < 1.29 is 19.1 Å². The van der Waals surface area contributed by atoms with Gasteiger partial charge in [0.25, 0.3) is 5.91 Å². The maximum Gasteiger partial charge on any atom is 0.254 e. The lowest BCUT2D eigenvalue weighted by Gasteiger charge is -2.32. The summed E-state index contributed by atoms with van der Waals surface area (Å²) in [6.45, 7) is 7.36. The van der Waals surface area contributed by atoms with Crippen molar-refractivity contribution in [1.82, 2.24) is 10.2 Å². The Morgan fingerprint density at radius 3 is 2.04 bits per heavy atom. The zero-order chi connectivity index (χ0) is 19.3. The monoisotopic (exact) mass is 362 g/mol. The Hall–Kier alpha value is -2.24. The van der Waals surface area contributed by atoms with Gasteiger partial charge in [-0.15, -0.1) is 0 Å². The van der Waals surface area contributed by atoms with Crippen LogP contribution in [0.2, 0.25) is 0 Å². The largest absolute Gasteiger partial charge is 0.497 e. The third-order valence-electron chi connectivity index (χ3n) is 5.12. The molecule has 1 aromatic carbocycles. The second-order valence-corrected chi connectivity index (χ2v) is 7.21. The lowest BCUT2D eigenvalue weighted by molar-refractivity contribution is -0.127. The maximum absolute atomic E-state index is 12.8. The van der Waals surface area contributed by atoms with Crippen LogP contribution in [-0.4, -0.2) is 50.1 Å². The summed E-state index contributed by atoms with van der Waals surface area (Å²) < 4.78 is 10.5. The van der Waals surface area contributed by atoms with E-state index in [9.17, 15) is 9.59 Å². The van der Waals surface area contributed by atoms with Crippen molar-refractivity contribution >= 4 is 11.8 Å². The minimum Gasteiger partial charge on any atom is -0.497 e. The first-order chi connectivity index (χ1) is 12.3. The Morgan fingerprint density at radius 1 is 1.04 bits per heavy atom. The van der Waals surface area contributed by atoms with Gasteiger partial charge in [-0.3, -0.25) is 9.59 Å². The van der Waals surface area contributed by atoms with Crippen molar-refractivity contribution in [3.8, 4) is 11.5 Å². The summed E-state index contributed by atoms with van der Waals surface area (Å²) in [6.07, 6.45) is 1.37. The molecule has 1 aromatic rings. The van der Waals surface area contributed by atoms with Gasteiger partial charge in [0.15, 0.2) is 0 Å². The number of hydrogen-bond acceptors (Lipinski definition) is 4. The van der Waals surface area contributed by atoms with Gasteiger partial charge < -0.3 is 19.7 Å². The summed E-state index contributed by atoms with van der Waals surface area (Å²) in [5, 5.41) is 3.08. The highest BCUT2D eigenvalue weighted by Crippen LogP contribution is 2.25. The van der Waals surface area contributed by atoms with E-state index in [1.165, 1.54) is 0 Å². The molecule has 0 spiro atoms. The SMILES string of the molecule is COc1cc(OC)cc(C(=O)N2CCC(C(=O)NC(C)C(C)C)CC2)c1. The molecular formula is C20H30N2O4. The van der Waals surface area contributed by atoms with Crippen LogP contribution in [0.25, 0.3) is 0 Å². The molecule has 6 heteroatoms. The molecule has 1 heterocycles. The number of likely N-dealkylation sites (tertiary alicyclic amines) is 1. The summed E-state index contributed by atoms with van der Waals surface area (Å²) in [4.78, 5) is 27.0. The number of methoxy groups -OCH3 is 2. The molecular weight excluding hydrogens is 332 g/mol. The number of rotatable bonds is 6. The van der Waals surface area contributed by atoms with Gasteiger partial charge in [0.2, 0.25) is 5.91 Å². The second-order valence-electron chi connectivity index (χ2n) is 7.21. The van der Waals surface area contributed by atoms with E-state index in [1.54, 1.807) is 37.3 Å². The van der Waals surface area contributed by atoms with Gasteiger partial charge in [0, 0.05) is 36.7 Å². The molecule has 1 saturated heterocycles. The predicted octanol–water partition coefficient (Wildman–Crippen LogP) is 2.72. The van der Waals surface area contributed by atoms with Gasteiger partial charge in [-0.1, -0.05) is 13.8 Å². The van der Waals surface area contributed by atoms with E-state index < -0.39 is 0 Å². The van der Waals surface area contributed by atoms with Gasteiger partial charge in [-0.25, -0.2) is 0 Å². The van der Waals surface area contributed by atoms with E-state index in [0.29, 0.717) is 48.9 Å². The molecule has 1 unspecified atom stereocenters. The summed E-state index contributed by atoms with van der Waals surface area (Å²) in [7, 11) is 3.12. The molecule has 1 atom stereocenters. The van der Waals surface area contributed by atoms with Crippen LogP contribution in [0, 0.1) is 11.8 Å². The summed E-state index contributed by atoms with van der Waals surface area (Å²) in [6, 6.07) is 5.33. The smallest absolute Gasteiger partial charge is 0.254 e. The van der Waals surface area contributed by atoms with E-state index in [0.717, 1.165) is 0 Å². The van der Waals surface area contributed by atoms with Gasteiger partial charge >= 0.3 is 0 Å². The molecule has 1 N–H and O–H groups in total. The van der Waals surface area contributed by atoms with E-state index in [4.69, 9.17) is 9.47 Å². The van der Waals surface area contributed by atoms with Gasteiger partial charge in [-0.2, -0.15) is 0 Å².